The first-order chi connectivity index (χ1) is 9.24. The summed E-state index contributed by atoms with van der Waals surface area (Å²) in [6, 6.07) is 8.00. The summed E-state index contributed by atoms with van der Waals surface area (Å²) in [6.07, 6.45) is 6.31. The molecule has 0 bridgehead atoms. The summed E-state index contributed by atoms with van der Waals surface area (Å²) < 4.78 is 0. The number of fused-ring (bicyclic) bond motifs is 1. The lowest BCUT2D eigenvalue weighted by Gasteiger charge is -2.09. The van der Waals surface area contributed by atoms with Crippen LogP contribution < -0.4 is 0 Å². The summed E-state index contributed by atoms with van der Waals surface area (Å²) in [5, 5.41) is 10.2. The first kappa shape index (κ1) is 12.3. The Bertz CT molecular complexity index is 594. The monoisotopic (exact) mass is 257 g/mol. The van der Waals surface area contributed by atoms with Crippen LogP contribution in [0.2, 0.25) is 0 Å². The number of H-pyrrole nitrogens is 1. The lowest BCUT2D eigenvalue weighted by atomic mass is 9.97. The summed E-state index contributed by atoms with van der Waals surface area (Å²) in [5.41, 5.74) is 3.18. The molecule has 1 aliphatic rings. The minimum absolute atomic E-state index is 0.117. The standard InChI is InChI=1S/C16H19NO2/c18-16(19)10-13-12-7-3-4-8-14(12)17-15(13)9-11-5-1-2-6-11/h3-4,7-8,11,17H,1-2,5-6,9-10H2,(H,18,19). The number of aromatic nitrogens is 1. The molecule has 3 heteroatoms. The third kappa shape index (κ3) is 2.50. The Morgan fingerprint density at radius 2 is 2.00 bits per heavy atom. The molecule has 1 aromatic carbocycles. The fraction of sp³-hybridized carbons (Fsp3) is 0.438. The van der Waals surface area contributed by atoms with Crippen molar-refractivity contribution in [2.24, 2.45) is 5.92 Å². The Balaban J connectivity index is 1.98. The maximum Gasteiger partial charge on any atom is 0.307 e. The number of aromatic amines is 1. The van der Waals surface area contributed by atoms with Gasteiger partial charge in [0.05, 0.1) is 6.42 Å². The molecule has 0 spiro atoms. The minimum atomic E-state index is -0.752. The van der Waals surface area contributed by atoms with E-state index >= 15 is 0 Å². The molecule has 3 nitrogen and oxygen atoms in total. The van der Waals surface area contributed by atoms with Gasteiger partial charge in [0.25, 0.3) is 0 Å². The van der Waals surface area contributed by atoms with Gasteiger partial charge in [-0.1, -0.05) is 43.9 Å². The molecule has 19 heavy (non-hydrogen) atoms. The second kappa shape index (κ2) is 5.08. The van der Waals surface area contributed by atoms with E-state index in [0.717, 1.165) is 34.5 Å². The number of rotatable bonds is 4. The van der Waals surface area contributed by atoms with Crippen molar-refractivity contribution in [1.82, 2.24) is 4.98 Å². The van der Waals surface area contributed by atoms with Gasteiger partial charge in [0.1, 0.15) is 0 Å². The number of carboxylic acids is 1. The summed E-state index contributed by atoms with van der Waals surface area (Å²) in [7, 11) is 0. The molecule has 1 heterocycles. The van der Waals surface area contributed by atoms with Gasteiger partial charge >= 0.3 is 5.97 Å². The highest BCUT2D eigenvalue weighted by molar-refractivity contribution is 5.88. The van der Waals surface area contributed by atoms with Crippen molar-refractivity contribution >= 4 is 16.9 Å². The molecule has 1 saturated carbocycles. The van der Waals surface area contributed by atoms with E-state index in [2.05, 4.69) is 4.98 Å². The van der Waals surface area contributed by atoms with Gasteiger partial charge in [-0.3, -0.25) is 4.79 Å². The summed E-state index contributed by atoms with van der Waals surface area (Å²) in [4.78, 5) is 14.5. The molecule has 0 amide bonds. The summed E-state index contributed by atoms with van der Waals surface area (Å²) >= 11 is 0. The number of nitrogens with one attached hydrogen (secondary N) is 1. The van der Waals surface area contributed by atoms with Crippen LogP contribution in [0.25, 0.3) is 10.9 Å². The quantitative estimate of drug-likeness (QED) is 0.880. The van der Waals surface area contributed by atoms with Crippen LogP contribution in [0.3, 0.4) is 0 Å². The third-order valence-corrected chi connectivity index (χ3v) is 4.20. The first-order valence-electron chi connectivity index (χ1n) is 7.04. The SMILES string of the molecule is O=C(O)Cc1c(CC2CCCC2)[nH]c2ccccc12. The normalized spacial score (nSPS) is 16.2. The van der Waals surface area contributed by atoms with Crippen molar-refractivity contribution in [1.29, 1.82) is 0 Å². The number of carboxylic acid groups (broad SMARTS) is 1. The zero-order valence-electron chi connectivity index (χ0n) is 11.0. The third-order valence-electron chi connectivity index (χ3n) is 4.20. The molecular weight excluding hydrogens is 238 g/mol. The number of para-hydroxylation sites is 1. The lowest BCUT2D eigenvalue weighted by molar-refractivity contribution is -0.136. The van der Waals surface area contributed by atoms with E-state index in [4.69, 9.17) is 5.11 Å². The molecule has 0 saturated heterocycles. The second-order valence-corrected chi connectivity index (χ2v) is 5.55. The smallest absolute Gasteiger partial charge is 0.307 e. The van der Waals surface area contributed by atoms with Crippen LogP contribution >= 0.6 is 0 Å². The molecule has 2 aromatic rings. The maximum atomic E-state index is 11.1. The first-order valence-corrected chi connectivity index (χ1v) is 7.04. The zero-order chi connectivity index (χ0) is 13.2. The summed E-state index contributed by atoms with van der Waals surface area (Å²) in [6.45, 7) is 0. The average molecular weight is 257 g/mol. The van der Waals surface area contributed by atoms with Crippen LogP contribution in [0.4, 0.5) is 0 Å². The van der Waals surface area contributed by atoms with E-state index < -0.39 is 5.97 Å². The van der Waals surface area contributed by atoms with Gasteiger partial charge < -0.3 is 10.1 Å². The van der Waals surface area contributed by atoms with Crippen molar-refractivity contribution in [3.05, 3.63) is 35.5 Å². The van der Waals surface area contributed by atoms with Crippen molar-refractivity contribution in [3.8, 4) is 0 Å². The highest BCUT2D eigenvalue weighted by Crippen LogP contribution is 2.31. The Morgan fingerprint density at radius 1 is 1.26 bits per heavy atom. The predicted molar refractivity (Wildman–Crippen MR) is 75.3 cm³/mol. The van der Waals surface area contributed by atoms with Crippen molar-refractivity contribution < 1.29 is 9.90 Å². The van der Waals surface area contributed by atoms with E-state index in [9.17, 15) is 4.79 Å². The van der Waals surface area contributed by atoms with Crippen LogP contribution in [0.1, 0.15) is 36.9 Å². The maximum absolute atomic E-state index is 11.1. The second-order valence-electron chi connectivity index (χ2n) is 5.55. The van der Waals surface area contributed by atoms with Gasteiger partial charge in [-0.05, 0) is 24.0 Å². The van der Waals surface area contributed by atoms with Crippen LogP contribution in [0.15, 0.2) is 24.3 Å². The summed E-state index contributed by atoms with van der Waals surface area (Å²) in [5.74, 6) is -0.0296. The van der Waals surface area contributed by atoms with Crippen LogP contribution in [-0.4, -0.2) is 16.1 Å². The minimum Gasteiger partial charge on any atom is -0.481 e. The van der Waals surface area contributed by atoms with Crippen molar-refractivity contribution in [2.45, 2.75) is 38.5 Å². The molecule has 0 aliphatic heterocycles. The molecule has 1 aromatic heterocycles. The lowest BCUT2D eigenvalue weighted by Crippen LogP contribution is -2.06. The number of benzene rings is 1. The highest BCUT2D eigenvalue weighted by Gasteiger charge is 2.20. The number of hydrogen-bond acceptors (Lipinski definition) is 1. The zero-order valence-corrected chi connectivity index (χ0v) is 11.0. The van der Waals surface area contributed by atoms with E-state index in [0.29, 0.717) is 0 Å². The Morgan fingerprint density at radius 3 is 2.74 bits per heavy atom. The van der Waals surface area contributed by atoms with Gasteiger partial charge in [-0.15, -0.1) is 0 Å². The molecule has 3 rings (SSSR count). The topological polar surface area (TPSA) is 53.1 Å². The van der Waals surface area contributed by atoms with Crippen molar-refractivity contribution in [2.75, 3.05) is 0 Å². The molecule has 2 N–H and O–H groups in total. The Hall–Kier alpha value is -1.77. The van der Waals surface area contributed by atoms with Crippen LogP contribution in [0, 0.1) is 5.92 Å². The van der Waals surface area contributed by atoms with E-state index in [-0.39, 0.29) is 6.42 Å². The molecule has 0 atom stereocenters. The van der Waals surface area contributed by atoms with Gasteiger partial charge in [-0.25, -0.2) is 0 Å². The van der Waals surface area contributed by atoms with Gasteiger partial charge in [0.2, 0.25) is 0 Å². The van der Waals surface area contributed by atoms with Crippen LogP contribution in [-0.2, 0) is 17.6 Å². The largest absolute Gasteiger partial charge is 0.481 e. The number of carbonyl (C=O) groups is 1. The number of aliphatic carboxylic acids is 1. The molecule has 0 unspecified atom stereocenters. The molecule has 0 radical (unpaired) electrons. The fourth-order valence-electron chi connectivity index (χ4n) is 3.29. The Labute approximate surface area is 112 Å². The predicted octanol–water partition coefficient (Wildman–Crippen LogP) is 3.53. The average Bonchev–Trinajstić information content (AvgIpc) is 2.99. The van der Waals surface area contributed by atoms with E-state index in [1.165, 1.54) is 25.7 Å². The van der Waals surface area contributed by atoms with E-state index in [1.807, 2.05) is 24.3 Å². The molecule has 1 fully saturated rings. The molecule has 100 valence electrons. The number of hydrogen-bond donors (Lipinski definition) is 2. The Kier molecular flexibility index (Phi) is 3.28. The fourth-order valence-corrected chi connectivity index (χ4v) is 3.29. The van der Waals surface area contributed by atoms with Crippen molar-refractivity contribution in [3.63, 3.8) is 0 Å². The molecular formula is C16H19NO2. The van der Waals surface area contributed by atoms with Gasteiger partial charge in [0.15, 0.2) is 0 Å². The van der Waals surface area contributed by atoms with E-state index in [1.54, 1.807) is 0 Å². The van der Waals surface area contributed by atoms with Crippen LogP contribution in [0.5, 0.6) is 0 Å². The van der Waals surface area contributed by atoms with Gasteiger partial charge in [-0.2, -0.15) is 0 Å². The molecule has 1 aliphatic carbocycles. The highest BCUT2D eigenvalue weighted by atomic mass is 16.4. The van der Waals surface area contributed by atoms with Gasteiger partial charge in [0, 0.05) is 16.6 Å².